The molecule has 0 saturated heterocycles. The first-order chi connectivity index (χ1) is 8.72. The third-order valence-electron chi connectivity index (χ3n) is 3.77. The van der Waals surface area contributed by atoms with Crippen molar-refractivity contribution < 1.29 is 4.79 Å². The first-order valence-corrected chi connectivity index (χ1v) is 7.08. The zero-order valence-corrected chi connectivity index (χ0v) is 11.5. The summed E-state index contributed by atoms with van der Waals surface area (Å²) >= 11 is 0. The maximum atomic E-state index is 12.3. The van der Waals surface area contributed by atoms with Crippen LogP contribution in [0.25, 0.3) is 0 Å². The van der Waals surface area contributed by atoms with Crippen LogP contribution < -0.4 is 0 Å². The number of benzene rings is 1. The molecule has 1 atom stereocenters. The molecule has 0 aromatic heterocycles. The summed E-state index contributed by atoms with van der Waals surface area (Å²) in [5, 5.41) is 0. The Morgan fingerprint density at radius 3 is 2.67 bits per heavy atom. The van der Waals surface area contributed by atoms with Gasteiger partial charge in [-0.1, -0.05) is 51.0 Å². The molecule has 0 spiro atoms. The van der Waals surface area contributed by atoms with Gasteiger partial charge < -0.3 is 4.90 Å². The molecule has 2 nitrogen and oxygen atoms in total. The van der Waals surface area contributed by atoms with Gasteiger partial charge in [-0.15, -0.1) is 0 Å². The van der Waals surface area contributed by atoms with E-state index in [0.717, 1.165) is 25.9 Å². The number of fused-ring (bicyclic) bond motifs is 1. The molecule has 0 radical (unpaired) electrons. The Labute approximate surface area is 110 Å². The van der Waals surface area contributed by atoms with E-state index in [-0.39, 0.29) is 5.92 Å². The van der Waals surface area contributed by atoms with Gasteiger partial charge in [0.25, 0.3) is 0 Å². The van der Waals surface area contributed by atoms with Crippen LogP contribution in [0, 0.1) is 5.92 Å². The molecule has 18 heavy (non-hydrogen) atoms. The van der Waals surface area contributed by atoms with Crippen molar-refractivity contribution >= 4 is 5.91 Å². The normalized spacial score (nSPS) is 19.6. The molecular formula is C16H23NO. The molecule has 2 rings (SSSR count). The van der Waals surface area contributed by atoms with Crippen LogP contribution in [-0.4, -0.2) is 17.4 Å². The lowest BCUT2D eigenvalue weighted by Gasteiger charge is -2.23. The maximum Gasteiger partial charge on any atom is 0.226 e. The SMILES string of the molecule is CCCCCN1Cc2ccccc2CC(C)C1=O. The van der Waals surface area contributed by atoms with Gasteiger partial charge in [-0.3, -0.25) is 4.79 Å². The smallest absolute Gasteiger partial charge is 0.226 e. The third kappa shape index (κ3) is 2.92. The van der Waals surface area contributed by atoms with E-state index >= 15 is 0 Å². The van der Waals surface area contributed by atoms with Crippen LogP contribution in [0.4, 0.5) is 0 Å². The van der Waals surface area contributed by atoms with Crippen LogP contribution in [0.2, 0.25) is 0 Å². The van der Waals surface area contributed by atoms with E-state index in [4.69, 9.17) is 0 Å². The first-order valence-electron chi connectivity index (χ1n) is 7.08. The van der Waals surface area contributed by atoms with E-state index in [2.05, 4.69) is 38.1 Å². The highest BCUT2D eigenvalue weighted by molar-refractivity contribution is 5.79. The quantitative estimate of drug-likeness (QED) is 0.744. The lowest BCUT2D eigenvalue weighted by atomic mass is 9.98. The molecule has 1 aliphatic heterocycles. The van der Waals surface area contributed by atoms with Gasteiger partial charge in [0.1, 0.15) is 0 Å². The minimum absolute atomic E-state index is 0.121. The summed E-state index contributed by atoms with van der Waals surface area (Å²) in [6.45, 7) is 5.95. The molecule has 1 aromatic rings. The summed E-state index contributed by atoms with van der Waals surface area (Å²) in [4.78, 5) is 14.4. The highest BCUT2D eigenvalue weighted by atomic mass is 16.2. The third-order valence-corrected chi connectivity index (χ3v) is 3.77. The van der Waals surface area contributed by atoms with E-state index in [1.54, 1.807) is 0 Å². The van der Waals surface area contributed by atoms with Crippen LogP contribution in [-0.2, 0) is 17.8 Å². The van der Waals surface area contributed by atoms with Crippen molar-refractivity contribution in [2.45, 2.75) is 46.1 Å². The Morgan fingerprint density at radius 2 is 1.94 bits per heavy atom. The van der Waals surface area contributed by atoms with Crippen LogP contribution >= 0.6 is 0 Å². The van der Waals surface area contributed by atoms with E-state index < -0.39 is 0 Å². The fourth-order valence-corrected chi connectivity index (χ4v) is 2.67. The van der Waals surface area contributed by atoms with Gasteiger partial charge in [0.2, 0.25) is 5.91 Å². The van der Waals surface area contributed by atoms with E-state index in [0.29, 0.717) is 5.91 Å². The maximum absolute atomic E-state index is 12.3. The predicted octanol–water partition coefficient (Wildman–Crippen LogP) is 3.40. The zero-order chi connectivity index (χ0) is 13.0. The molecule has 1 heterocycles. The van der Waals surface area contributed by atoms with Gasteiger partial charge >= 0.3 is 0 Å². The van der Waals surface area contributed by atoms with Crippen molar-refractivity contribution in [2.24, 2.45) is 5.92 Å². The molecule has 0 N–H and O–H groups in total. The molecule has 1 unspecified atom stereocenters. The topological polar surface area (TPSA) is 20.3 Å². The average molecular weight is 245 g/mol. The number of hydrogen-bond acceptors (Lipinski definition) is 1. The zero-order valence-electron chi connectivity index (χ0n) is 11.5. The molecule has 1 amide bonds. The van der Waals surface area contributed by atoms with Gasteiger partial charge in [-0.2, -0.15) is 0 Å². The number of unbranched alkanes of at least 4 members (excludes halogenated alkanes) is 2. The average Bonchev–Trinajstić information content (AvgIpc) is 2.49. The number of nitrogens with zero attached hydrogens (tertiary/aromatic N) is 1. The molecule has 0 aliphatic carbocycles. The summed E-state index contributed by atoms with van der Waals surface area (Å²) < 4.78 is 0. The second-order valence-electron chi connectivity index (χ2n) is 5.34. The fourth-order valence-electron chi connectivity index (χ4n) is 2.67. The number of amides is 1. The largest absolute Gasteiger partial charge is 0.338 e. The summed E-state index contributed by atoms with van der Waals surface area (Å²) in [5.74, 6) is 0.442. The fraction of sp³-hybridized carbons (Fsp3) is 0.562. The number of hydrogen-bond donors (Lipinski definition) is 0. The summed E-state index contributed by atoms with van der Waals surface area (Å²) in [7, 11) is 0. The number of rotatable bonds is 4. The van der Waals surface area contributed by atoms with Gasteiger partial charge in [-0.25, -0.2) is 0 Å². The van der Waals surface area contributed by atoms with Crippen molar-refractivity contribution in [3.63, 3.8) is 0 Å². The van der Waals surface area contributed by atoms with Gasteiger partial charge in [0, 0.05) is 19.0 Å². The van der Waals surface area contributed by atoms with Crippen LogP contribution in [0.3, 0.4) is 0 Å². The highest BCUT2D eigenvalue weighted by Crippen LogP contribution is 2.23. The second kappa shape index (κ2) is 6.03. The summed E-state index contributed by atoms with van der Waals surface area (Å²) in [6, 6.07) is 8.47. The van der Waals surface area contributed by atoms with Gasteiger partial charge in [0.15, 0.2) is 0 Å². The minimum Gasteiger partial charge on any atom is -0.338 e. The van der Waals surface area contributed by atoms with Crippen LogP contribution in [0.15, 0.2) is 24.3 Å². The Bertz CT molecular complexity index is 413. The Kier molecular flexibility index (Phi) is 4.40. The molecule has 2 heteroatoms. The summed E-state index contributed by atoms with van der Waals surface area (Å²) in [6.07, 6.45) is 4.42. The van der Waals surface area contributed by atoms with Crippen LogP contribution in [0.1, 0.15) is 44.2 Å². The van der Waals surface area contributed by atoms with E-state index in [9.17, 15) is 4.79 Å². The van der Waals surface area contributed by atoms with Crippen molar-refractivity contribution in [1.29, 1.82) is 0 Å². The van der Waals surface area contributed by atoms with E-state index in [1.165, 1.54) is 24.0 Å². The first kappa shape index (κ1) is 13.1. The number of carbonyl (C=O) groups is 1. The molecular weight excluding hydrogens is 222 g/mol. The highest BCUT2D eigenvalue weighted by Gasteiger charge is 2.25. The number of carbonyl (C=O) groups excluding carboxylic acids is 1. The monoisotopic (exact) mass is 245 g/mol. The molecule has 1 aliphatic rings. The van der Waals surface area contributed by atoms with E-state index in [1.807, 2.05) is 4.90 Å². The Hall–Kier alpha value is -1.31. The molecule has 0 saturated carbocycles. The molecule has 0 bridgehead atoms. The van der Waals surface area contributed by atoms with Gasteiger partial charge in [0.05, 0.1) is 0 Å². The van der Waals surface area contributed by atoms with Crippen molar-refractivity contribution in [1.82, 2.24) is 4.90 Å². The lowest BCUT2D eigenvalue weighted by Crippen LogP contribution is -2.34. The molecule has 98 valence electrons. The van der Waals surface area contributed by atoms with Crippen molar-refractivity contribution in [3.05, 3.63) is 35.4 Å². The van der Waals surface area contributed by atoms with Crippen molar-refractivity contribution in [3.8, 4) is 0 Å². The van der Waals surface area contributed by atoms with Gasteiger partial charge in [-0.05, 0) is 24.0 Å². The lowest BCUT2D eigenvalue weighted by molar-refractivity contribution is -0.135. The van der Waals surface area contributed by atoms with Crippen LogP contribution in [0.5, 0.6) is 0 Å². The standard InChI is InChI=1S/C16H23NO/c1-3-4-7-10-17-12-15-9-6-5-8-14(15)11-13(2)16(17)18/h5-6,8-9,13H,3-4,7,10-12H2,1-2H3. The molecule has 0 fully saturated rings. The summed E-state index contributed by atoms with van der Waals surface area (Å²) in [5.41, 5.74) is 2.67. The Balaban J connectivity index is 2.13. The second-order valence-corrected chi connectivity index (χ2v) is 5.34. The van der Waals surface area contributed by atoms with Crippen molar-refractivity contribution in [2.75, 3.05) is 6.54 Å². The Morgan fingerprint density at radius 1 is 1.22 bits per heavy atom. The minimum atomic E-state index is 0.121. The molecule has 1 aromatic carbocycles. The predicted molar refractivity (Wildman–Crippen MR) is 74.3 cm³/mol.